The summed E-state index contributed by atoms with van der Waals surface area (Å²) >= 11 is 0. The fourth-order valence-corrected chi connectivity index (χ4v) is 3.54. The smallest absolute Gasteiger partial charge is 0.254 e. The van der Waals surface area contributed by atoms with Gasteiger partial charge < -0.3 is 14.8 Å². The molecule has 4 rings (SSSR count). The molecule has 0 aliphatic carbocycles. The number of para-hydroxylation sites is 2. The number of aromatic nitrogens is 2. The first-order valence-electron chi connectivity index (χ1n) is 10.3. The lowest BCUT2D eigenvalue weighted by molar-refractivity contribution is -0.131. The van der Waals surface area contributed by atoms with Gasteiger partial charge in [-0.15, -0.1) is 0 Å². The topological polar surface area (TPSA) is 67.2 Å². The lowest BCUT2D eigenvalue weighted by Gasteiger charge is -2.19. The SMILES string of the molecule is CN(Cc1ccccc1)C(=O)Cn1c(CNC(=O)c2ccccc2F)nc2ccccc21. The zero-order valence-electron chi connectivity index (χ0n) is 17.7. The Kier molecular flexibility index (Phi) is 6.26. The van der Waals surface area contributed by atoms with E-state index in [-0.39, 0.29) is 24.6 Å². The molecule has 1 N–H and O–H groups in total. The van der Waals surface area contributed by atoms with Crippen molar-refractivity contribution in [1.29, 1.82) is 0 Å². The van der Waals surface area contributed by atoms with Crippen LogP contribution in [-0.2, 0) is 24.4 Å². The quantitative estimate of drug-likeness (QED) is 0.485. The molecule has 6 nitrogen and oxygen atoms in total. The highest BCUT2D eigenvalue weighted by Crippen LogP contribution is 2.17. The van der Waals surface area contributed by atoms with E-state index in [1.165, 1.54) is 18.2 Å². The Morgan fingerprint density at radius 1 is 0.969 bits per heavy atom. The summed E-state index contributed by atoms with van der Waals surface area (Å²) in [6.07, 6.45) is 0. The number of benzene rings is 3. The van der Waals surface area contributed by atoms with E-state index in [2.05, 4.69) is 10.3 Å². The number of hydrogen-bond donors (Lipinski definition) is 1. The summed E-state index contributed by atoms with van der Waals surface area (Å²) in [5.74, 6) is -0.679. The minimum absolute atomic E-state index is 0.0335. The van der Waals surface area contributed by atoms with E-state index in [1.54, 1.807) is 22.6 Å². The molecule has 0 saturated carbocycles. The molecule has 0 bridgehead atoms. The number of halogens is 1. The molecule has 3 aromatic carbocycles. The van der Waals surface area contributed by atoms with Gasteiger partial charge in [-0.25, -0.2) is 9.37 Å². The van der Waals surface area contributed by atoms with Crippen LogP contribution in [0.5, 0.6) is 0 Å². The third-order valence-electron chi connectivity index (χ3n) is 5.24. The van der Waals surface area contributed by atoms with Gasteiger partial charge in [0.2, 0.25) is 5.91 Å². The first-order valence-corrected chi connectivity index (χ1v) is 10.3. The summed E-state index contributed by atoms with van der Waals surface area (Å²) in [5, 5.41) is 2.71. The Hall–Kier alpha value is -4.00. The van der Waals surface area contributed by atoms with Crippen LogP contribution in [-0.4, -0.2) is 33.3 Å². The van der Waals surface area contributed by atoms with Crippen molar-refractivity contribution in [2.75, 3.05) is 7.05 Å². The monoisotopic (exact) mass is 430 g/mol. The number of likely N-dealkylation sites (N-methyl/N-ethyl adjacent to an activating group) is 1. The number of imidazole rings is 1. The van der Waals surface area contributed by atoms with Crippen molar-refractivity contribution in [2.45, 2.75) is 19.6 Å². The number of nitrogens with zero attached hydrogens (tertiary/aromatic N) is 3. The van der Waals surface area contributed by atoms with Crippen LogP contribution in [0.25, 0.3) is 11.0 Å². The normalized spacial score (nSPS) is 10.8. The molecule has 0 fully saturated rings. The number of rotatable bonds is 7. The zero-order valence-corrected chi connectivity index (χ0v) is 17.7. The van der Waals surface area contributed by atoms with Gasteiger partial charge >= 0.3 is 0 Å². The van der Waals surface area contributed by atoms with Crippen LogP contribution in [0.1, 0.15) is 21.7 Å². The van der Waals surface area contributed by atoms with E-state index >= 15 is 0 Å². The molecule has 0 atom stereocenters. The van der Waals surface area contributed by atoms with Crippen LogP contribution in [0.4, 0.5) is 4.39 Å². The first-order chi connectivity index (χ1) is 15.5. The van der Waals surface area contributed by atoms with E-state index in [0.717, 1.165) is 16.6 Å². The molecule has 0 radical (unpaired) electrons. The van der Waals surface area contributed by atoms with Crippen molar-refractivity contribution >= 4 is 22.8 Å². The van der Waals surface area contributed by atoms with E-state index in [9.17, 15) is 14.0 Å². The predicted octanol–water partition coefficient (Wildman–Crippen LogP) is 3.76. The summed E-state index contributed by atoms with van der Waals surface area (Å²) in [6, 6.07) is 23.0. The van der Waals surface area contributed by atoms with Crippen molar-refractivity contribution in [2.24, 2.45) is 0 Å². The van der Waals surface area contributed by atoms with Crippen molar-refractivity contribution in [1.82, 2.24) is 19.8 Å². The molecule has 1 aromatic heterocycles. The highest BCUT2D eigenvalue weighted by molar-refractivity contribution is 5.94. The van der Waals surface area contributed by atoms with E-state index < -0.39 is 11.7 Å². The van der Waals surface area contributed by atoms with Gasteiger partial charge in [0.25, 0.3) is 5.91 Å². The molecule has 32 heavy (non-hydrogen) atoms. The maximum Gasteiger partial charge on any atom is 0.254 e. The van der Waals surface area contributed by atoms with E-state index in [0.29, 0.717) is 12.4 Å². The summed E-state index contributed by atoms with van der Waals surface area (Å²) in [6.45, 7) is 0.637. The van der Waals surface area contributed by atoms with Gasteiger partial charge in [0.05, 0.1) is 23.1 Å². The fraction of sp³-hybridized carbons (Fsp3) is 0.160. The Morgan fingerprint density at radius 2 is 1.66 bits per heavy atom. The Bertz CT molecular complexity index is 1250. The summed E-state index contributed by atoms with van der Waals surface area (Å²) in [7, 11) is 1.76. The molecule has 7 heteroatoms. The van der Waals surface area contributed by atoms with Gasteiger partial charge in [-0.05, 0) is 29.8 Å². The molecule has 2 amide bonds. The molecule has 0 aliphatic heterocycles. The first kappa shape index (κ1) is 21.2. The van der Waals surface area contributed by atoms with Gasteiger partial charge in [0.15, 0.2) is 0 Å². The number of carbonyl (C=O) groups is 2. The van der Waals surface area contributed by atoms with Crippen LogP contribution in [0.15, 0.2) is 78.9 Å². The molecular weight excluding hydrogens is 407 g/mol. The molecular formula is C25H23FN4O2. The van der Waals surface area contributed by atoms with Crippen molar-refractivity contribution in [3.8, 4) is 0 Å². The van der Waals surface area contributed by atoms with Gasteiger partial charge in [-0.1, -0.05) is 54.6 Å². The zero-order chi connectivity index (χ0) is 22.5. The second kappa shape index (κ2) is 9.43. The number of fused-ring (bicyclic) bond motifs is 1. The molecule has 0 unspecified atom stereocenters. The van der Waals surface area contributed by atoms with Gasteiger partial charge in [-0.3, -0.25) is 9.59 Å². The third-order valence-corrected chi connectivity index (χ3v) is 5.24. The lowest BCUT2D eigenvalue weighted by Crippen LogP contribution is -2.31. The number of nitrogens with one attached hydrogen (secondary N) is 1. The molecule has 0 spiro atoms. The summed E-state index contributed by atoms with van der Waals surface area (Å²) < 4.78 is 15.7. The van der Waals surface area contributed by atoms with Crippen molar-refractivity contribution < 1.29 is 14.0 Å². The highest BCUT2D eigenvalue weighted by Gasteiger charge is 2.18. The molecule has 0 saturated heterocycles. The van der Waals surface area contributed by atoms with Crippen molar-refractivity contribution in [3.05, 3.63) is 102 Å². The van der Waals surface area contributed by atoms with Crippen LogP contribution in [0.2, 0.25) is 0 Å². The standard InChI is InChI=1S/C25H23FN4O2/c1-29(16-18-9-3-2-4-10-18)24(31)17-30-22-14-8-7-13-21(22)28-23(30)15-27-25(32)19-11-5-6-12-20(19)26/h2-14H,15-17H2,1H3,(H,27,32). The minimum Gasteiger partial charge on any atom is -0.345 e. The molecule has 4 aromatic rings. The van der Waals surface area contributed by atoms with Gasteiger partial charge in [-0.2, -0.15) is 0 Å². The Morgan fingerprint density at radius 3 is 2.44 bits per heavy atom. The lowest BCUT2D eigenvalue weighted by atomic mass is 10.2. The molecule has 0 aliphatic rings. The third kappa shape index (κ3) is 4.67. The number of carbonyl (C=O) groups excluding carboxylic acids is 2. The van der Waals surface area contributed by atoms with Crippen LogP contribution < -0.4 is 5.32 Å². The Balaban J connectivity index is 1.53. The second-order valence-corrected chi connectivity index (χ2v) is 7.50. The second-order valence-electron chi connectivity index (χ2n) is 7.50. The summed E-state index contributed by atoms with van der Waals surface area (Å²) in [5.41, 5.74) is 2.52. The van der Waals surface area contributed by atoms with Crippen LogP contribution >= 0.6 is 0 Å². The van der Waals surface area contributed by atoms with E-state index in [4.69, 9.17) is 0 Å². The van der Waals surface area contributed by atoms with Gasteiger partial charge in [0, 0.05) is 13.6 Å². The maximum atomic E-state index is 13.9. The van der Waals surface area contributed by atoms with E-state index in [1.807, 2.05) is 54.6 Å². The minimum atomic E-state index is -0.587. The maximum absolute atomic E-state index is 13.9. The highest BCUT2D eigenvalue weighted by atomic mass is 19.1. The van der Waals surface area contributed by atoms with Gasteiger partial charge in [0.1, 0.15) is 18.2 Å². The Labute approximate surface area is 185 Å². The van der Waals surface area contributed by atoms with Crippen molar-refractivity contribution in [3.63, 3.8) is 0 Å². The fourth-order valence-electron chi connectivity index (χ4n) is 3.54. The molecule has 1 heterocycles. The number of amides is 2. The average molecular weight is 430 g/mol. The summed E-state index contributed by atoms with van der Waals surface area (Å²) in [4.78, 5) is 31.6. The predicted molar refractivity (Wildman–Crippen MR) is 120 cm³/mol. The number of hydrogen-bond acceptors (Lipinski definition) is 3. The van der Waals surface area contributed by atoms with Crippen LogP contribution in [0, 0.1) is 5.82 Å². The van der Waals surface area contributed by atoms with Crippen LogP contribution in [0.3, 0.4) is 0 Å². The molecule has 162 valence electrons. The largest absolute Gasteiger partial charge is 0.345 e. The average Bonchev–Trinajstić information content (AvgIpc) is 3.15.